The molecule has 2 rings (SSSR count). The zero-order valence-electron chi connectivity index (χ0n) is 9.30. The molecule has 0 aromatic heterocycles. The SMILES string of the molecule is CC(C)(C)S(=N)(=O)N1CCC2(CC2)C1. The van der Waals surface area contributed by atoms with Crippen molar-refractivity contribution in [3.63, 3.8) is 0 Å². The van der Waals surface area contributed by atoms with Gasteiger partial charge in [-0.15, -0.1) is 0 Å². The van der Waals surface area contributed by atoms with Crippen LogP contribution in [0.15, 0.2) is 0 Å². The predicted octanol–water partition coefficient (Wildman–Crippen LogP) is 2.23. The van der Waals surface area contributed by atoms with Crippen LogP contribution in [0, 0.1) is 10.2 Å². The fourth-order valence-corrected chi connectivity index (χ4v) is 3.66. The van der Waals surface area contributed by atoms with E-state index in [-0.39, 0.29) is 0 Å². The van der Waals surface area contributed by atoms with E-state index in [0.29, 0.717) is 5.41 Å². The Bertz CT molecular complexity index is 336. The van der Waals surface area contributed by atoms with Crippen molar-refractivity contribution >= 4 is 9.92 Å². The van der Waals surface area contributed by atoms with Gasteiger partial charge in [-0.1, -0.05) is 0 Å². The predicted molar refractivity (Wildman–Crippen MR) is 58.5 cm³/mol. The summed E-state index contributed by atoms with van der Waals surface area (Å²) in [5.41, 5.74) is 0.467. The van der Waals surface area contributed by atoms with E-state index in [1.165, 1.54) is 12.8 Å². The molecule has 82 valence electrons. The largest absolute Gasteiger partial charge is 0.240 e. The number of nitrogens with zero attached hydrogens (tertiary/aromatic N) is 1. The van der Waals surface area contributed by atoms with Crippen LogP contribution in [0.25, 0.3) is 0 Å². The summed E-state index contributed by atoms with van der Waals surface area (Å²) < 4.78 is 21.8. The molecule has 1 heterocycles. The molecule has 1 saturated heterocycles. The van der Waals surface area contributed by atoms with Gasteiger partial charge in [-0.3, -0.25) is 0 Å². The minimum atomic E-state index is -2.57. The molecule has 1 atom stereocenters. The highest BCUT2D eigenvalue weighted by atomic mass is 32.2. The second-order valence-electron chi connectivity index (χ2n) is 5.75. The molecule has 4 heteroatoms. The van der Waals surface area contributed by atoms with Gasteiger partial charge in [0.1, 0.15) is 9.92 Å². The summed E-state index contributed by atoms with van der Waals surface area (Å²) in [6, 6.07) is 0. The number of hydrogen-bond acceptors (Lipinski definition) is 2. The molecular weight excluding hydrogens is 196 g/mol. The van der Waals surface area contributed by atoms with Gasteiger partial charge in [-0.05, 0) is 45.4 Å². The van der Waals surface area contributed by atoms with Crippen LogP contribution in [-0.4, -0.2) is 26.4 Å². The first kappa shape index (κ1) is 10.4. The second kappa shape index (κ2) is 2.73. The molecule has 0 bridgehead atoms. The zero-order chi connectivity index (χ0) is 10.6. The summed E-state index contributed by atoms with van der Waals surface area (Å²) in [5.74, 6) is 0. The molecule has 1 aliphatic carbocycles. The summed E-state index contributed by atoms with van der Waals surface area (Å²) in [5, 5.41) is 0. The quantitative estimate of drug-likeness (QED) is 0.717. The third-order valence-corrected chi connectivity index (χ3v) is 6.25. The van der Waals surface area contributed by atoms with E-state index in [9.17, 15) is 4.21 Å². The van der Waals surface area contributed by atoms with E-state index >= 15 is 0 Å². The Labute approximate surface area is 87.0 Å². The maximum Gasteiger partial charge on any atom is 0.112 e. The van der Waals surface area contributed by atoms with E-state index in [2.05, 4.69) is 0 Å². The maximum absolute atomic E-state index is 12.3. The Morgan fingerprint density at radius 2 is 1.86 bits per heavy atom. The molecule has 2 fully saturated rings. The van der Waals surface area contributed by atoms with Crippen molar-refractivity contribution in [2.75, 3.05) is 13.1 Å². The van der Waals surface area contributed by atoms with Gasteiger partial charge >= 0.3 is 0 Å². The number of nitrogens with one attached hydrogen (secondary N) is 1. The molecule has 1 aliphatic heterocycles. The van der Waals surface area contributed by atoms with Crippen LogP contribution < -0.4 is 0 Å². The number of rotatable bonds is 1. The molecule has 1 saturated carbocycles. The molecule has 0 aromatic rings. The normalized spacial score (nSPS) is 30.5. The molecular formula is C10H20N2OS. The van der Waals surface area contributed by atoms with Crippen LogP contribution in [0.4, 0.5) is 0 Å². The molecule has 2 aliphatic rings. The van der Waals surface area contributed by atoms with Crippen LogP contribution in [0.1, 0.15) is 40.0 Å². The van der Waals surface area contributed by atoms with Crippen LogP contribution in [0.5, 0.6) is 0 Å². The third-order valence-electron chi connectivity index (χ3n) is 3.55. The van der Waals surface area contributed by atoms with E-state index < -0.39 is 14.7 Å². The minimum absolute atomic E-state index is 0.423. The topological polar surface area (TPSA) is 44.2 Å². The molecule has 0 radical (unpaired) electrons. The van der Waals surface area contributed by atoms with Gasteiger partial charge in [0, 0.05) is 13.1 Å². The van der Waals surface area contributed by atoms with Crippen molar-refractivity contribution in [1.29, 1.82) is 4.78 Å². The van der Waals surface area contributed by atoms with Crippen LogP contribution in [-0.2, 0) is 9.92 Å². The van der Waals surface area contributed by atoms with Crippen LogP contribution in [0.2, 0.25) is 0 Å². The van der Waals surface area contributed by atoms with E-state index in [1.807, 2.05) is 25.1 Å². The minimum Gasteiger partial charge on any atom is -0.240 e. The van der Waals surface area contributed by atoms with Crippen molar-refractivity contribution in [1.82, 2.24) is 4.31 Å². The lowest BCUT2D eigenvalue weighted by atomic mass is 10.1. The third kappa shape index (κ3) is 1.48. The van der Waals surface area contributed by atoms with E-state index in [0.717, 1.165) is 19.5 Å². The van der Waals surface area contributed by atoms with Gasteiger partial charge in [-0.2, -0.15) is 0 Å². The summed E-state index contributed by atoms with van der Waals surface area (Å²) in [4.78, 5) is 0. The average molecular weight is 216 g/mol. The first-order valence-corrected chi connectivity index (χ1v) is 6.82. The molecule has 1 spiro atoms. The van der Waals surface area contributed by atoms with Crippen LogP contribution in [0.3, 0.4) is 0 Å². The monoisotopic (exact) mass is 216 g/mol. The smallest absolute Gasteiger partial charge is 0.112 e. The first-order chi connectivity index (χ1) is 6.27. The van der Waals surface area contributed by atoms with Crippen molar-refractivity contribution in [3.8, 4) is 0 Å². The van der Waals surface area contributed by atoms with Crippen LogP contribution >= 0.6 is 0 Å². The summed E-state index contributed by atoms with van der Waals surface area (Å²) in [6.45, 7) is 7.47. The zero-order valence-corrected chi connectivity index (χ0v) is 10.1. The lowest BCUT2D eigenvalue weighted by Crippen LogP contribution is -2.40. The highest BCUT2D eigenvalue weighted by Crippen LogP contribution is 2.53. The number of hydrogen-bond donors (Lipinski definition) is 1. The summed E-state index contributed by atoms with van der Waals surface area (Å²) in [6.07, 6.45) is 3.71. The van der Waals surface area contributed by atoms with Gasteiger partial charge in [0.2, 0.25) is 0 Å². The lowest BCUT2D eigenvalue weighted by Gasteiger charge is -2.30. The Morgan fingerprint density at radius 1 is 1.29 bits per heavy atom. The summed E-state index contributed by atoms with van der Waals surface area (Å²) in [7, 11) is -2.57. The van der Waals surface area contributed by atoms with Gasteiger partial charge in [0.15, 0.2) is 0 Å². The standard InChI is InChI=1S/C10H20N2OS/c1-9(2,3)14(11,13)12-7-6-10(8-12)4-5-10/h11H,4-8H2,1-3H3. The van der Waals surface area contributed by atoms with Crippen molar-refractivity contribution < 1.29 is 4.21 Å². The van der Waals surface area contributed by atoms with Gasteiger partial charge in [0.05, 0.1) is 4.75 Å². The van der Waals surface area contributed by atoms with Crippen molar-refractivity contribution in [3.05, 3.63) is 0 Å². The Hall–Kier alpha value is -0.0900. The van der Waals surface area contributed by atoms with Gasteiger partial charge in [0.25, 0.3) is 0 Å². The fourth-order valence-electron chi connectivity index (χ4n) is 2.09. The van der Waals surface area contributed by atoms with E-state index in [4.69, 9.17) is 4.78 Å². The van der Waals surface area contributed by atoms with Gasteiger partial charge < -0.3 is 0 Å². The molecule has 3 nitrogen and oxygen atoms in total. The second-order valence-corrected chi connectivity index (χ2v) is 8.54. The average Bonchev–Trinajstić information content (AvgIpc) is 2.58. The Balaban J connectivity index is 2.17. The van der Waals surface area contributed by atoms with Crippen molar-refractivity contribution in [2.45, 2.75) is 44.8 Å². The lowest BCUT2D eigenvalue weighted by molar-refractivity contribution is 0.465. The van der Waals surface area contributed by atoms with Crippen molar-refractivity contribution in [2.24, 2.45) is 5.41 Å². The van der Waals surface area contributed by atoms with E-state index in [1.54, 1.807) is 0 Å². The molecule has 0 amide bonds. The molecule has 1 N–H and O–H groups in total. The molecule has 0 aromatic carbocycles. The first-order valence-electron chi connectivity index (χ1n) is 5.30. The highest BCUT2D eigenvalue weighted by Gasteiger charge is 2.51. The van der Waals surface area contributed by atoms with Gasteiger partial charge in [-0.25, -0.2) is 13.3 Å². The highest BCUT2D eigenvalue weighted by molar-refractivity contribution is 7.91. The fraction of sp³-hybridized carbons (Fsp3) is 1.00. The maximum atomic E-state index is 12.3. The Morgan fingerprint density at radius 3 is 2.21 bits per heavy atom. The molecule has 14 heavy (non-hydrogen) atoms. The molecule has 1 unspecified atom stereocenters. The summed E-state index contributed by atoms with van der Waals surface area (Å²) >= 11 is 0. The Kier molecular flexibility index (Phi) is 2.03.